The maximum atomic E-state index is 12.9. The Hall–Kier alpha value is -1.26. The minimum Gasteiger partial charge on any atom is -0.352 e. The number of carbonyl (C=O) groups is 1. The van der Waals surface area contributed by atoms with E-state index in [0.29, 0.717) is 15.1 Å². The molecule has 1 amide bonds. The van der Waals surface area contributed by atoms with E-state index in [1.807, 2.05) is 31.3 Å². The van der Waals surface area contributed by atoms with Gasteiger partial charge in [-0.15, -0.1) is 0 Å². The Balaban J connectivity index is 1.87. The van der Waals surface area contributed by atoms with E-state index in [1.54, 1.807) is 6.07 Å². The van der Waals surface area contributed by atoms with Crippen LogP contribution in [0.4, 0.5) is 0 Å². The number of benzene rings is 2. The molecule has 0 radical (unpaired) electrons. The first-order valence-electron chi connectivity index (χ1n) is 9.57. The van der Waals surface area contributed by atoms with Crippen LogP contribution in [0.15, 0.2) is 42.5 Å². The van der Waals surface area contributed by atoms with Crippen molar-refractivity contribution in [3.63, 3.8) is 0 Å². The van der Waals surface area contributed by atoms with Crippen molar-refractivity contribution >= 4 is 40.7 Å². The Morgan fingerprint density at radius 3 is 2.39 bits per heavy atom. The Bertz CT molecular complexity index is 901. The van der Waals surface area contributed by atoms with Crippen LogP contribution >= 0.6 is 34.8 Å². The second-order valence-corrected chi connectivity index (χ2v) is 9.18. The summed E-state index contributed by atoms with van der Waals surface area (Å²) in [7, 11) is 1.89. The van der Waals surface area contributed by atoms with E-state index in [-0.39, 0.29) is 29.7 Å². The summed E-state index contributed by atoms with van der Waals surface area (Å²) in [6.45, 7) is 2.09. The quantitative estimate of drug-likeness (QED) is 0.675. The molecule has 2 fully saturated rings. The van der Waals surface area contributed by atoms with Crippen molar-refractivity contribution in [1.29, 1.82) is 0 Å². The summed E-state index contributed by atoms with van der Waals surface area (Å²) in [5.74, 6) is 0.488. The van der Waals surface area contributed by atoms with Crippen LogP contribution in [0.25, 0.3) is 0 Å². The average molecular weight is 438 g/mol. The lowest BCUT2D eigenvalue weighted by Crippen LogP contribution is -2.58. The van der Waals surface area contributed by atoms with Crippen molar-refractivity contribution in [3.8, 4) is 0 Å². The minimum absolute atomic E-state index is 0.0505. The Morgan fingerprint density at radius 2 is 1.75 bits per heavy atom. The number of halogens is 3. The van der Waals surface area contributed by atoms with Gasteiger partial charge in [0.15, 0.2) is 0 Å². The largest absolute Gasteiger partial charge is 0.352 e. The van der Waals surface area contributed by atoms with Crippen molar-refractivity contribution in [2.45, 2.75) is 43.2 Å². The second-order valence-electron chi connectivity index (χ2n) is 7.90. The van der Waals surface area contributed by atoms with Crippen molar-refractivity contribution < 1.29 is 4.79 Å². The zero-order valence-electron chi connectivity index (χ0n) is 15.8. The predicted octanol–water partition coefficient (Wildman–Crippen LogP) is 5.40. The van der Waals surface area contributed by atoms with E-state index in [9.17, 15) is 4.79 Å². The SMILES string of the molecule is CN[C@@]12CC[C@@H](c3ccc(Cl)cc3Cl)[C@H](c3ccc(Cl)cc3)[C@@H]1[C@@H](C)NC2=O. The molecule has 0 bridgehead atoms. The molecule has 2 aromatic carbocycles. The minimum atomic E-state index is -0.570. The summed E-state index contributed by atoms with van der Waals surface area (Å²) >= 11 is 18.9. The van der Waals surface area contributed by atoms with Crippen LogP contribution in [0.3, 0.4) is 0 Å². The topological polar surface area (TPSA) is 41.1 Å². The summed E-state index contributed by atoms with van der Waals surface area (Å²) in [6.07, 6.45) is 1.62. The van der Waals surface area contributed by atoms with Crippen LogP contribution in [0.2, 0.25) is 15.1 Å². The van der Waals surface area contributed by atoms with Crippen molar-refractivity contribution in [3.05, 3.63) is 68.7 Å². The van der Waals surface area contributed by atoms with Gasteiger partial charge in [0, 0.05) is 27.0 Å². The molecule has 6 heteroatoms. The lowest BCUT2D eigenvalue weighted by Gasteiger charge is -2.47. The molecule has 0 aromatic heterocycles. The molecule has 1 saturated carbocycles. The molecule has 28 heavy (non-hydrogen) atoms. The lowest BCUT2D eigenvalue weighted by atomic mass is 9.58. The molecule has 2 aliphatic rings. The number of likely N-dealkylation sites (N-methyl/N-ethyl adjacent to an activating group) is 1. The predicted molar refractivity (Wildman–Crippen MR) is 116 cm³/mol. The van der Waals surface area contributed by atoms with Gasteiger partial charge in [-0.25, -0.2) is 0 Å². The first-order valence-corrected chi connectivity index (χ1v) is 10.7. The molecule has 148 valence electrons. The van der Waals surface area contributed by atoms with Crippen LogP contribution in [0, 0.1) is 5.92 Å². The van der Waals surface area contributed by atoms with Crippen LogP contribution in [-0.4, -0.2) is 24.5 Å². The van der Waals surface area contributed by atoms with Crippen molar-refractivity contribution in [2.24, 2.45) is 5.92 Å². The van der Waals surface area contributed by atoms with E-state index in [4.69, 9.17) is 34.8 Å². The molecular weight excluding hydrogens is 415 g/mol. The number of hydrogen-bond acceptors (Lipinski definition) is 2. The van der Waals surface area contributed by atoms with Gasteiger partial charge in [-0.3, -0.25) is 4.79 Å². The van der Waals surface area contributed by atoms with Crippen molar-refractivity contribution in [2.75, 3.05) is 7.05 Å². The third-order valence-corrected chi connectivity index (χ3v) is 7.42. The number of rotatable bonds is 3. The summed E-state index contributed by atoms with van der Waals surface area (Å²) in [5, 5.41) is 8.56. The van der Waals surface area contributed by atoms with Crippen molar-refractivity contribution in [1.82, 2.24) is 10.6 Å². The Labute approximate surface area is 180 Å². The van der Waals surface area contributed by atoms with Crippen LogP contribution in [0.1, 0.15) is 42.7 Å². The fourth-order valence-electron chi connectivity index (χ4n) is 5.40. The fraction of sp³-hybridized carbons (Fsp3) is 0.409. The van der Waals surface area contributed by atoms with Gasteiger partial charge in [0.05, 0.1) is 0 Å². The van der Waals surface area contributed by atoms with Gasteiger partial charge in [-0.05, 0) is 74.0 Å². The van der Waals surface area contributed by atoms with Gasteiger partial charge >= 0.3 is 0 Å². The zero-order valence-corrected chi connectivity index (χ0v) is 18.1. The molecule has 5 atom stereocenters. The zero-order chi connectivity index (χ0) is 20.1. The van der Waals surface area contributed by atoms with Crippen LogP contribution < -0.4 is 10.6 Å². The molecule has 0 spiro atoms. The van der Waals surface area contributed by atoms with Crippen LogP contribution in [-0.2, 0) is 4.79 Å². The van der Waals surface area contributed by atoms with Gasteiger partial charge in [0.1, 0.15) is 5.54 Å². The molecule has 3 nitrogen and oxygen atoms in total. The molecule has 1 saturated heterocycles. The Kier molecular flexibility index (Phi) is 5.39. The van der Waals surface area contributed by atoms with Gasteiger partial charge in [0.25, 0.3) is 0 Å². The molecule has 2 aromatic rings. The standard InChI is InChI=1S/C22H23Cl3N2O/c1-12-20-19(13-3-5-14(23)6-4-13)17(16-8-7-15(24)11-18(16)25)9-10-22(20,26-2)21(28)27-12/h3-8,11-12,17,19-20,26H,9-10H2,1-2H3,(H,27,28)/t12-,17+,19+,20+,22+/m1/s1. The second kappa shape index (κ2) is 7.53. The summed E-state index contributed by atoms with van der Waals surface area (Å²) in [6, 6.07) is 13.8. The molecule has 1 aliphatic heterocycles. The third-order valence-electron chi connectivity index (χ3n) is 6.60. The van der Waals surface area contributed by atoms with Gasteiger partial charge in [-0.2, -0.15) is 0 Å². The summed E-state index contributed by atoms with van der Waals surface area (Å²) in [5.41, 5.74) is 1.69. The number of nitrogens with one attached hydrogen (secondary N) is 2. The molecule has 0 unspecified atom stereocenters. The summed E-state index contributed by atoms with van der Waals surface area (Å²) < 4.78 is 0. The smallest absolute Gasteiger partial charge is 0.240 e. The van der Waals surface area contributed by atoms with E-state index < -0.39 is 5.54 Å². The number of hydrogen-bond donors (Lipinski definition) is 2. The van der Waals surface area contributed by atoms with Gasteiger partial charge < -0.3 is 10.6 Å². The average Bonchev–Trinajstić information content (AvgIpc) is 2.93. The highest BCUT2D eigenvalue weighted by molar-refractivity contribution is 6.35. The molecule has 4 rings (SSSR count). The number of amides is 1. The number of fused-ring (bicyclic) bond motifs is 1. The van der Waals surface area contributed by atoms with Crippen LogP contribution in [0.5, 0.6) is 0 Å². The first kappa shape index (κ1) is 20.0. The normalized spacial score (nSPS) is 32.1. The summed E-state index contributed by atoms with van der Waals surface area (Å²) in [4.78, 5) is 12.9. The molecule has 2 N–H and O–H groups in total. The molecule has 1 aliphatic carbocycles. The van der Waals surface area contributed by atoms with E-state index in [1.165, 1.54) is 5.56 Å². The Morgan fingerprint density at radius 1 is 1.07 bits per heavy atom. The van der Waals surface area contributed by atoms with E-state index >= 15 is 0 Å². The van der Waals surface area contributed by atoms with E-state index in [2.05, 4.69) is 29.7 Å². The van der Waals surface area contributed by atoms with E-state index in [0.717, 1.165) is 18.4 Å². The highest BCUT2D eigenvalue weighted by Gasteiger charge is 2.59. The van der Waals surface area contributed by atoms with Gasteiger partial charge in [0.2, 0.25) is 5.91 Å². The fourth-order valence-corrected chi connectivity index (χ4v) is 6.07. The lowest BCUT2D eigenvalue weighted by molar-refractivity contribution is -0.126. The monoisotopic (exact) mass is 436 g/mol. The first-order chi connectivity index (χ1) is 13.4. The maximum Gasteiger partial charge on any atom is 0.240 e. The molecular formula is C22H23Cl3N2O. The third kappa shape index (κ3) is 3.13. The number of carbonyl (C=O) groups excluding carboxylic acids is 1. The highest BCUT2D eigenvalue weighted by Crippen LogP contribution is 2.55. The highest BCUT2D eigenvalue weighted by atomic mass is 35.5. The maximum absolute atomic E-state index is 12.9. The molecule has 1 heterocycles. The van der Waals surface area contributed by atoms with Gasteiger partial charge in [-0.1, -0.05) is 53.0 Å².